The van der Waals surface area contributed by atoms with Crippen LogP contribution in [0.4, 0.5) is 4.79 Å². The van der Waals surface area contributed by atoms with E-state index in [0.717, 1.165) is 32.0 Å². The van der Waals surface area contributed by atoms with Crippen molar-refractivity contribution in [3.8, 4) is 0 Å². The maximum Gasteiger partial charge on any atom is 0.405 e. The van der Waals surface area contributed by atoms with Crippen LogP contribution in [0.1, 0.15) is 52.9 Å². The Labute approximate surface area is 103 Å². The first-order valence-corrected chi connectivity index (χ1v) is 6.23. The molecule has 2 N–H and O–H groups in total. The summed E-state index contributed by atoms with van der Waals surface area (Å²) in [5.41, 5.74) is 4.58. The molecule has 0 saturated heterocycles. The van der Waals surface area contributed by atoms with Crippen molar-refractivity contribution in [1.82, 2.24) is 0 Å². The number of carbonyl (C=O) groups is 2. The molecule has 0 heterocycles. The zero-order chi connectivity index (χ0) is 13.1. The molecule has 1 saturated carbocycles. The van der Waals surface area contributed by atoms with Gasteiger partial charge in [-0.3, -0.25) is 0 Å². The van der Waals surface area contributed by atoms with Crippen molar-refractivity contribution in [2.24, 2.45) is 17.1 Å². The van der Waals surface area contributed by atoms with Crippen molar-refractivity contribution in [2.45, 2.75) is 58.5 Å². The number of nitrogens with two attached hydrogens (primary N) is 1. The molecule has 1 fully saturated rings. The number of aldehydes is 1. The van der Waals surface area contributed by atoms with Crippen LogP contribution < -0.4 is 5.73 Å². The molecular weight excluding hydrogens is 218 g/mol. The Morgan fingerprint density at radius 3 is 2.29 bits per heavy atom. The third-order valence-electron chi connectivity index (χ3n) is 4.01. The molecule has 98 valence electrons. The summed E-state index contributed by atoms with van der Waals surface area (Å²) in [4.78, 5) is 21.6. The standard InChI is InChI=1S/C13H23NO3/c1-12(2,3)13(17-11(14)16)7-4-10(5-8-13)6-9-15/h9-10H,4-8H2,1-3H3,(H2,14,16). The average Bonchev–Trinajstić information content (AvgIpc) is 2.19. The highest BCUT2D eigenvalue weighted by Gasteiger charge is 2.47. The second-order valence-electron chi connectivity index (χ2n) is 6.01. The van der Waals surface area contributed by atoms with Crippen molar-refractivity contribution < 1.29 is 14.3 Å². The Hall–Kier alpha value is -1.06. The van der Waals surface area contributed by atoms with Gasteiger partial charge in [0.05, 0.1) is 0 Å². The molecule has 0 spiro atoms. The first-order chi connectivity index (χ1) is 7.81. The van der Waals surface area contributed by atoms with Gasteiger partial charge in [0, 0.05) is 11.8 Å². The van der Waals surface area contributed by atoms with Crippen LogP contribution in [0.5, 0.6) is 0 Å². The van der Waals surface area contributed by atoms with Gasteiger partial charge in [0.15, 0.2) is 0 Å². The molecule has 0 bridgehead atoms. The number of hydrogen-bond donors (Lipinski definition) is 1. The highest BCUT2D eigenvalue weighted by atomic mass is 16.6. The van der Waals surface area contributed by atoms with Crippen LogP contribution in [0.2, 0.25) is 0 Å². The summed E-state index contributed by atoms with van der Waals surface area (Å²) in [5, 5.41) is 0. The lowest BCUT2D eigenvalue weighted by molar-refractivity contribution is -0.112. The van der Waals surface area contributed by atoms with E-state index < -0.39 is 11.7 Å². The SMILES string of the molecule is CC(C)(C)C1(OC(N)=O)CCC(CC=O)CC1. The van der Waals surface area contributed by atoms with E-state index in [-0.39, 0.29) is 5.41 Å². The Morgan fingerprint density at radius 1 is 1.41 bits per heavy atom. The lowest BCUT2D eigenvalue weighted by Gasteiger charge is -2.47. The highest BCUT2D eigenvalue weighted by Crippen LogP contribution is 2.46. The summed E-state index contributed by atoms with van der Waals surface area (Å²) in [6.45, 7) is 6.20. The van der Waals surface area contributed by atoms with Crippen LogP contribution in [0.3, 0.4) is 0 Å². The van der Waals surface area contributed by atoms with Gasteiger partial charge in [-0.05, 0) is 31.6 Å². The van der Waals surface area contributed by atoms with Gasteiger partial charge in [-0.1, -0.05) is 20.8 Å². The number of rotatable bonds is 3. The predicted molar refractivity (Wildman–Crippen MR) is 65.5 cm³/mol. The van der Waals surface area contributed by atoms with Crippen molar-refractivity contribution in [1.29, 1.82) is 0 Å². The molecule has 1 aliphatic carbocycles. The van der Waals surface area contributed by atoms with Crippen molar-refractivity contribution in [3.05, 3.63) is 0 Å². The van der Waals surface area contributed by atoms with Gasteiger partial charge in [0.2, 0.25) is 0 Å². The van der Waals surface area contributed by atoms with Gasteiger partial charge in [0.25, 0.3) is 0 Å². The van der Waals surface area contributed by atoms with Gasteiger partial charge < -0.3 is 15.3 Å². The zero-order valence-corrected chi connectivity index (χ0v) is 11.0. The Balaban J connectivity index is 2.75. The maximum atomic E-state index is 11.1. The molecule has 1 aliphatic rings. The van der Waals surface area contributed by atoms with Crippen LogP contribution in [0.15, 0.2) is 0 Å². The fourth-order valence-corrected chi connectivity index (χ4v) is 2.71. The molecule has 0 radical (unpaired) electrons. The van der Waals surface area contributed by atoms with Crippen molar-refractivity contribution in [2.75, 3.05) is 0 Å². The zero-order valence-electron chi connectivity index (χ0n) is 11.0. The topological polar surface area (TPSA) is 69.4 Å². The van der Waals surface area contributed by atoms with Crippen LogP contribution in [0.25, 0.3) is 0 Å². The van der Waals surface area contributed by atoms with Crippen LogP contribution in [-0.2, 0) is 9.53 Å². The Kier molecular flexibility index (Phi) is 4.17. The minimum absolute atomic E-state index is 0.131. The summed E-state index contributed by atoms with van der Waals surface area (Å²) in [7, 11) is 0. The van der Waals surface area contributed by atoms with Gasteiger partial charge in [-0.25, -0.2) is 4.79 Å². The molecule has 0 atom stereocenters. The lowest BCUT2D eigenvalue weighted by atomic mass is 9.65. The van der Waals surface area contributed by atoms with Crippen molar-refractivity contribution >= 4 is 12.4 Å². The molecule has 0 aromatic heterocycles. The Bertz CT molecular complexity index is 286. The highest BCUT2D eigenvalue weighted by molar-refractivity contribution is 5.65. The Morgan fingerprint density at radius 2 is 1.94 bits per heavy atom. The maximum absolute atomic E-state index is 11.1. The quantitative estimate of drug-likeness (QED) is 0.772. The molecule has 4 nitrogen and oxygen atoms in total. The van der Waals surface area contributed by atoms with E-state index in [1.54, 1.807) is 0 Å². The van der Waals surface area contributed by atoms with Gasteiger partial charge in [-0.15, -0.1) is 0 Å². The largest absolute Gasteiger partial charge is 0.443 e. The lowest BCUT2D eigenvalue weighted by Crippen LogP contribution is -2.50. The van der Waals surface area contributed by atoms with Crippen LogP contribution in [0, 0.1) is 11.3 Å². The normalized spacial score (nSPS) is 29.7. The van der Waals surface area contributed by atoms with Gasteiger partial charge in [-0.2, -0.15) is 0 Å². The predicted octanol–water partition coefficient (Wildman–Crippen LogP) is 2.65. The number of carbonyl (C=O) groups excluding carboxylic acids is 2. The molecule has 1 amide bonds. The van der Waals surface area contributed by atoms with Crippen LogP contribution >= 0.6 is 0 Å². The molecule has 0 unspecified atom stereocenters. The van der Waals surface area contributed by atoms with E-state index in [0.29, 0.717) is 12.3 Å². The molecule has 0 aliphatic heterocycles. The first-order valence-electron chi connectivity index (χ1n) is 6.23. The van der Waals surface area contributed by atoms with E-state index in [4.69, 9.17) is 10.5 Å². The smallest absolute Gasteiger partial charge is 0.405 e. The van der Waals surface area contributed by atoms with E-state index in [1.165, 1.54) is 0 Å². The number of amides is 1. The van der Waals surface area contributed by atoms with Crippen molar-refractivity contribution in [3.63, 3.8) is 0 Å². The van der Waals surface area contributed by atoms with E-state index >= 15 is 0 Å². The van der Waals surface area contributed by atoms with E-state index in [9.17, 15) is 9.59 Å². The minimum Gasteiger partial charge on any atom is -0.443 e. The monoisotopic (exact) mass is 241 g/mol. The number of ether oxygens (including phenoxy) is 1. The molecule has 4 heteroatoms. The third-order valence-corrected chi connectivity index (χ3v) is 4.01. The van der Waals surface area contributed by atoms with Crippen LogP contribution in [-0.4, -0.2) is 18.0 Å². The fraction of sp³-hybridized carbons (Fsp3) is 0.846. The van der Waals surface area contributed by atoms with E-state index in [2.05, 4.69) is 20.8 Å². The summed E-state index contributed by atoms with van der Waals surface area (Å²) in [6, 6.07) is 0. The minimum atomic E-state index is -0.700. The summed E-state index contributed by atoms with van der Waals surface area (Å²) in [6.07, 6.45) is 4.30. The molecule has 17 heavy (non-hydrogen) atoms. The molecule has 0 aromatic rings. The average molecular weight is 241 g/mol. The molecule has 0 aromatic carbocycles. The fourth-order valence-electron chi connectivity index (χ4n) is 2.71. The molecular formula is C13H23NO3. The summed E-state index contributed by atoms with van der Waals surface area (Å²) in [5.74, 6) is 0.430. The van der Waals surface area contributed by atoms with Gasteiger partial charge >= 0.3 is 6.09 Å². The third kappa shape index (κ3) is 3.20. The summed E-state index contributed by atoms with van der Waals surface area (Å²) >= 11 is 0. The number of primary amides is 1. The second kappa shape index (κ2) is 5.07. The first kappa shape index (κ1) is 14.0. The van der Waals surface area contributed by atoms with Gasteiger partial charge in [0.1, 0.15) is 11.9 Å². The summed E-state index contributed by atoms with van der Waals surface area (Å²) < 4.78 is 5.42. The number of hydrogen-bond acceptors (Lipinski definition) is 3. The van der Waals surface area contributed by atoms with E-state index in [1.807, 2.05) is 0 Å². The molecule has 1 rings (SSSR count). The second-order valence-corrected chi connectivity index (χ2v) is 6.01.